The number of hydrogen-bond acceptors (Lipinski definition) is 5. The third kappa shape index (κ3) is 1.34. The molecule has 0 aromatic carbocycles. The third-order valence-electron chi connectivity index (χ3n) is 2.27. The van der Waals surface area contributed by atoms with Gasteiger partial charge in [0.25, 0.3) is 0 Å². The molecule has 1 aliphatic rings. The van der Waals surface area contributed by atoms with Crippen LogP contribution in [0.1, 0.15) is 13.8 Å². The van der Waals surface area contributed by atoms with Crippen molar-refractivity contribution >= 4 is 0 Å². The zero-order valence-corrected chi connectivity index (χ0v) is 7.01. The van der Waals surface area contributed by atoms with Crippen LogP contribution in [0.5, 0.6) is 0 Å². The molecular formula is C7H14O5. The molecule has 0 aromatic rings. The summed E-state index contributed by atoms with van der Waals surface area (Å²) in [6.45, 7) is 2.76. The van der Waals surface area contributed by atoms with E-state index in [9.17, 15) is 15.3 Å². The Balaban J connectivity index is 2.82. The van der Waals surface area contributed by atoms with Crippen LogP contribution in [0, 0.1) is 0 Å². The SMILES string of the molecule is CC1OC(O)C(O)C(C)(O)C1O. The molecule has 0 aromatic heterocycles. The molecule has 0 radical (unpaired) electrons. The van der Waals surface area contributed by atoms with Crippen LogP contribution in [0.15, 0.2) is 0 Å². The Labute approximate surface area is 70.2 Å². The van der Waals surface area contributed by atoms with E-state index in [-0.39, 0.29) is 0 Å². The van der Waals surface area contributed by atoms with E-state index < -0.39 is 30.2 Å². The van der Waals surface area contributed by atoms with Crippen LogP contribution in [0.3, 0.4) is 0 Å². The standard InChI is InChI=1S/C7H14O5/c1-3-4(8)7(2,11)5(9)6(10)12-3/h3-6,8-11H,1-2H3. The van der Waals surface area contributed by atoms with Crippen molar-refractivity contribution in [1.82, 2.24) is 0 Å². The van der Waals surface area contributed by atoms with Gasteiger partial charge in [0.15, 0.2) is 6.29 Å². The molecule has 5 nitrogen and oxygen atoms in total. The fourth-order valence-corrected chi connectivity index (χ4v) is 1.31. The van der Waals surface area contributed by atoms with Gasteiger partial charge in [-0.25, -0.2) is 0 Å². The van der Waals surface area contributed by atoms with Gasteiger partial charge in [0.1, 0.15) is 17.8 Å². The molecule has 5 unspecified atom stereocenters. The van der Waals surface area contributed by atoms with Crippen LogP contribution < -0.4 is 0 Å². The Bertz CT molecular complexity index is 153. The van der Waals surface area contributed by atoms with E-state index in [1.165, 1.54) is 13.8 Å². The highest BCUT2D eigenvalue weighted by Gasteiger charge is 2.50. The summed E-state index contributed by atoms with van der Waals surface area (Å²) in [4.78, 5) is 0. The van der Waals surface area contributed by atoms with Crippen molar-refractivity contribution in [2.75, 3.05) is 0 Å². The minimum Gasteiger partial charge on any atom is -0.387 e. The average molecular weight is 178 g/mol. The normalized spacial score (nSPS) is 55.5. The summed E-state index contributed by atoms with van der Waals surface area (Å²) in [7, 11) is 0. The Hall–Kier alpha value is -0.200. The van der Waals surface area contributed by atoms with Crippen LogP contribution in [0.4, 0.5) is 0 Å². The fraction of sp³-hybridized carbons (Fsp3) is 1.00. The number of hydrogen-bond donors (Lipinski definition) is 4. The maximum absolute atomic E-state index is 9.51. The van der Waals surface area contributed by atoms with E-state index in [1.807, 2.05) is 0 Å². The highest BCUT2D eigenvalue weighted by molar-refractivity contribution is 4.97. The lowest BCUT2D eigenvalue weighted by atomic mass is 9.86. The van der Waals surface area contributed by atoms with Crippen LogP contribution in [-0.2, 0) is 4.74 Å². The molecule has 1 fully saturated rings. The zero-order valence-electron chi connectivity index (χ0n) is 7.01. The van der Waals surface area contributed by atoms with Crippen molar-refractivity contribution in [2.45, 2.75) is 44.1 Å². The first-order valence-electron chi connectivity index (χ1n) is 3.79. The number of ether oxygens (including phenoxy) is 1. The quantitative estimate of drug-likeness (QED) is 0.351. The molecule has 72 valence electrons. The van der Waals surface area contributed by atoms with E-state index in [2.05, 4.69) is 0 Å². The first-order valence-corrected chi connectivity index (χ1v) is 3.79. The minimum absolute atomic E-state index is 0.696. The predicted octanol–water partition coefficient (Wildman–Crippen LogP) is -1.80. The highest BCUT2D eigenvalue weighted by atomic mass is 16.6. The molecule has 1 aliphatic heterocycles. The summed E-state index contributed by atoms with van der Waals surface area (Å²) in [5.41, 5.74) is -1.73. The molecule has 1 saturated heterocycles. The van der Waals surface area contributed by atoms with Gasteiger partial charge in [-0.2, -0.15) is 0 Å². The van der Waals surface area contributed by atoms with Crippen molar-refractivity contribution in [3.8, 4) is 0 Å². The van der Waals surface area contributed by atoms with Gasteiger partial charge in [-0.1, -0.05) is 0 Å². The second kappa shape index (κ2) is 2.93. The lowest BCUT2D eigenvalue weighted by Gasteiger charge is -2.43. The van der Waals surface area contributed by atoms with Gasteiger partial charge < -0.3 is 25.2 Å². The van der Waals surface area contributed by atoms with Crippen molar-refractivity contribution in [1.29, 1.82) is 0 Å². The highest BCUT2D eigenvalue weighted by Crippen LogP contribution is 2.28. The van der Waals surface area contributed by atoms with E-state index in [1.54, 1.807) is 0 Å². The van der Waals surface area contributed by atoms with Crippen LogP contribution >= 0.6 is 0 Å². The smallest absolute Gasteiger partial charge is 0.184 e. The van der Waals surface area contributed by atoms with Gasteiger partial charge >= 0.3 is 0 Å². The Morgan fingerprint density at radius 2 is 1.67 bits per heavy atom. The molecule has 1 heterocycles. The van der Waals surface area contributed by atoms with Crippen LogP contribution in [0.25, 0.3) is 0 Å². The summed E-state index contributed by atoms with van der Waals surface area (Å²) < 4.78 is 4.74. The van der Waals surface area contributed by atoms with E-state index in [0.717, 1.165) is 0 Å². The molecule has 0 spiro atoms. The van der Waals surface area contributed by atoms with Crippen molar-refractivity contribution in [2.24, 2.45) is 0 Å². The number of aliphatic hydroxyl groups excluding tert-OH is 3. The molecular weight excluding hydrogens is 164 g/mol. The average Bonchev–Trinajstić information content (AvgIpc) is 1.99. The van der Waals surface area contributed by atoms with Gasteiger partial charge in [0.2, 0.25) is 0 Å². The molecule has 0 saturated carbocycles. The molecule has 5 atom stereocenters. The summed E-state index contributed by atoms with van der Waals surface area (Å²) in [5.74, 6) is 0. The van der Waals surface area contributed by atoms with Gasteiger partial charge in [0.05, 0.1) is 6.10 Å². The first-order chi connectivity index (χ1) is 5.37. The Morgan fingerprint density at radius 1 is 1.17 bits per heavy atom. The monoisotopic (exact) mass is 178 g/mol. The van der Waals surface area contributed by atoms with E-state index in [0.29, 0.717) is 0 Å². The van der Waals surface area contributed by atoms with E-state index in [4.69, 9.17) is 9.84 Å². The maximum atomic E-state index is 9.51. The lowest BCUT2D eigenvalue weighted by molar-refractivity contribution is -0.309. The number of aliphatic hydroxyl groups is 4. The van der Waals surface area contributed by atoms with Crippen molar-refractivity contribution < 1.29 is 25.2 Å². The molecule has 4 N–H and O–H groups in total. The maximum Gasteiger partial charge on any atom is 0.184 e. The molecule has 0 aliphatic carbocycles. The third-order valence-corrected chi connectivity index (χ3v) is 2.27. The summed E-state index contributed by atoms with van der Waals surface area (Å²) in [6.07, 6.45) is -4.82. The molecule has 0 bridgehead atoms. The number of rotatable bonds is 0. The second-order valence-corrected chi connectivity index (χ2v) is 3.35. The van der Waals surface area contributed by atoms with Crippen LogP contribution in [-0.4, -0.2) is 50.6 Å². The van der Waals surface area contributed by atoms with Gasteiger partial charge in [-0.15, -0.1) is 0 Å². The van der Waals surface area contributed by atoms with Crippen LogP contribution in [0.2, 0.25) is 0 Å². The molecule has 1 rings (SSSR count). The fourth-order valence-electron chi connectivity index (χ4n) is 1.31. The second-order valence-electron chi connectivity index (χ2n) is 3.35. The largest absolute Gasteiger partial charge is 0.387 e. The summed E-state index contributed by atoms with van der Waals surface area (Å²) in [5, 5.41) is 37.1. The van der Waals surface area contributed by atoms with Gasteiger partial charge in [-0.05, 0) is 13.8 Å². The summed E-state index contributed by atoms with van der Waals surface area (Å²) in [6, 6.07) is 0. The van der Waals surface area contributed by atoms with Gasteiger partial charge in [-0.3, -0.25) is 0 Å². The molecule has 0 amide bonds. The van der Waals surface area contributed by atoms with E-state index >= 15 is 0 Å². The van der Waals surface area contributed by atoms with Gasteiger partial charge in [0, 0.05) is 0 Å². The topological polar surface area (TPSA) is 90.2 Å². The van der Waals surface area contributed by atoms with Crippen molar-refractivity contribution in [3.05, 3.63) is 0 Å². The minimum atomic E-state index is -1.73. The zero-order chi connectivity index (χ0) is 9.52. The summed E-state index contributed by atoms with van der Waals surface area (Å²) >= 11 is 0. The molecule has 5 heteroatoms. The van der Waals surface area contributed by atoms with Crippen molar-refractivity contribution in [3.63, 3.8) is 0 Å². The lowest BCUT2D eigenvalue weighted by Crippen LogP contribution is -2.64. The molecule has 12 heavy (non-hydrogen) atoms. The Kier molecular flexibility index (Phi) is 2.42. The first kappa shape index (κ1) is 9.88. The predicted molar refractivity (Wildman–Crippen MR) is 39.2 cm³/mol. The Morgan fingerprint density at radius 3 is 2.17 bits per heavy atom.